The van der Waals surface area contributed by atoms with Gasteiger partial charge in [0.2, 0.25) is 0 Å². The molecule has 0 aromatic carbocycles. The van der Waals surface area contributed by atoms with Crippen molar-refractivity contribution in [2.75, 3.05) is 0 Å². The van der Waals surface area contributed by atoms with Gasteiger partial charge in [-0.2, -0.15) is 0 Å². The van der Waals surface area contributed by atoms with Gasteiger partial charge in [0.15, 0.2) is 0 Å². The van der Waals surface area contributed by atoms with E-state index in [4.69, 9.17) is 0 Å². The summed E-state index contributed by atoms with van der Waals surface area (Å²) in [7, 11) is 0. The zero-order chi connectivity index (χ0) is 9.61. The fraction of sp³-hybridized carbons (Fsp3) is 0.909. The van der Waals surface area contributed by atoms with Gasteiger partial charge in [-0.25, -0.2) is 0 Å². The van der Waals surface area contributed by atoms with E-state index in [0.29, 0.717) is 11.3 Å². The molecule has 0 amide bonds. The van der Waals surface area contributed by atoms with Gasteiger partial charge < -0.3 is 4.79 Å². The molecule has 0 aliphatic carbocycles. The smallest absolute Gasteiger partial charge is 0.120 e. The van der Waals surface area contributed by atoms with E-state index >= 15 is 0 Å². The highest BCUT2D eigenvalue weighted by atomic mass is 16.1. The Balaban J connectivity index is 3.36. The third-order valence-corrected chi connectivity index (χ3v) is 2.12. The Morgan fingerprint density at radius 1 is 1.33 bits per heavy atom. The van der Waals surface area contributed by atoms with Gasteiger partial charge in [-0.3, -0.25) is 0 Å². The third-order valence-electron chi connectivity index (χ3n) is 2.12. The van der Waals surface area contributed by atoms with Gasteiger partial charge in [0.1, 0.15) is 6.29 Å². The van der Waals surface area contributed by atoms with E-state index in [1.54, 1.807) is 0 Å². The zero-order valence-electron chi connectivity index (χ0n) is 8.89. The monoisotopic (exact) mass is 170 g/mol. The highest BCUT2D eigenvalue weighted by Crippen LogP contribution is 2.23. The molecule has 0 aliphatic heterocycles. The molecule has 12 heavy (non-hydrogen) atoms. The Hall–Kier alpha value is -0.330. The summed E-state index contributed by atoms with van der Waals surface area (Å²) >= 11 is 0. The van der Waals surface area contributed by atoms with Crippen molar-refractivity contribution in [1.82, 2.24) is 0 Å². The van der Waals surface area contributed by atoms with E-state index in [1.807, 2.05) is 0 Å². The second-order valence-corrected chi connectivity index (χ2v) is 4.96. The molecule has 0 N–H and O–H groups in total. The maximum Gasteiger partial charge on any atom is 0.120 e. The lowest BCUT2D eigenvalue weighted by Crippen LogP contribution is -2.05. The Kier molecular flexibility index (Phi) is 5.19. The first-order valence-corrected chi connectivity index (χ1v) is 4.89. The van der Waals surface area contributed by atoms with E-state index in [2.05, 4.69) is 27.7 Å². The second-order valence-electron chi connectivity index (χ2n) is 4.96. The van der Waals surface area contributed by atoms with Crippen LogP contribution in [0.1, 0.15) is 53.4 Å². The van der Waals surface area contributed by atoms with Crippen LogP contribution >= 0.6 is 0 Å². The quantitative estimate of drug-likeness (QED) is 0.578. The highest BCUT2D eigenvalue weighted by molar-refractivity contribution is 5.49. The fourth-order valence-corrected chi connectivity index (χ4v) is 1.26. The van der Waals surface area contributed by atoms with E-state index < -0.39 is 0 Å². The first-order chi connectivity index (χ1) is 5.45. The molecule has 0 spiro atoms. The van der Waals surface area contributed by atoms with Crippen LogP contribution in [0.4, 0.5) is 0 Å². The van der Waals surface area contributed by atoms with Crippen molar-refractivity contribution in [2.24, 2.45) is 11.3 Å². The average Bonchev–Trinajstić information content (AvgIpc) is 1.84. The van der Waals surface area contributed by atoms with Crippen molar-refractivity contribution in [2.45, 2.75) is 53.4 Å². The van der Waals surface area contributed by atoms with Crippen molar-refractivity contribution >= 4 is 6.29 Å². The van der Waals surface area contributed by atoms with Crippen LogP contribution in [0, 0.1) is 11.3 Å². The minimum Gasteiger partial charge on any atom is -0.303 e. The van der Waals surface area contributed by atoms with Gasteiger partial charge in [-0.15, -0.1) is 0 Å². The highest BCUT2D eigenvalue weighted by Gasteiger charge is 2.10. The van der Waals surface area contributed by atoms with Crippen LogP contribution in [0.25, 0.3) is 0 Å². The Labute approximate surface area is 76.6 Å². The SMILES string of the molecule is C[C@@H](CC=O)CCCC(C)(C)C. The number of hydrogen-bond acceptors (Lipinski definition) is 1. The number of carbonyl (C=O) groups excluding carboxylic acids is 1. The van der Waals surface area contributed by atoms with Crippen LogP contribution in [0.5, 0.6) is 0 Å². The summed E-state index contributed by atoms with van der Waals surface area (Å²) in [5, 5.41) is 0. The summed E-state index contributed by atoms with van der Waals surface area (Å²) in [6.07, 6.45) is 5.45. The summed E-state index contributed by atoms with van der Waals surface area (Å²) in [5.41, 5.74) is 0.445. The van der Waals surface area contributed by atoms with E-state index in [0.717, 1.165) is 12.7 Å². The average molecular weight is 170 g/mol. The van der Waals surface area contributed by atoms with Crippen molar-refractivity contribution in [1.29, 1.82) is 0 Å². The lowest BCUT2D eigenvalue weighted by molar-refractivity contribution is -0.108. The Bertz CT molecular complexity index is 121. The molecule has 0 bridgehead atoms. The lowest BCUT2D eigenvalue weighted by atomic mass is 9.88. The van der Waals surface area contributed by atoms with Gasteiger partial charge in [0.05, 0.1) is 0 Å². The molecule has 0 aliphatic rings. The van der Waals surface area contributed by atoms with Gasteiger partial charge in [0.25, 0.3) is 0 Å². The minimum atomic E-state index is 0.445. The van der Waals surface area contributed by atoms with Gasteiger partial charge >= 0.3 is 0 Å². The molecule has 1 atom stereocenters. The standard InChI is InChI=1S/C11H22O/c1-10(7-9-12)6-5-8-11(2,3)4/h9-10H,5-8H2,1-4H3/t10-/m1/s1. The zero-order valence-corrected chi connectivity index (χ0v) is 8.89. The van der Waals surface area contributed by atoms with Crippen LogP contribution in [-0.2, 0) is 4.79 Å². The van der Waals surface area contributed by atoms with Crippen molar-refractivity contribution in [3.63, 3.8) is 0 Å². The lowest BCUT2D eigenvalue weighted by Gasteiger charge is -2.18. The Morgan fingerprint density at radius 2 is 1.92 bits per heavy atom. The molecule has 0 radical (unpaired) electrons. The summed E-state index contributed by atoms with van der Waals surface area (Å²) in [6, 6.07) is 0. The Morgan fingerprint density at radius 3 is 2.33 bits per heavy atom. The number of carbonyl (C=O) groups is 1. The predicted molar refractivity (Wildman–Crippen MR) is 53.2 cm³/mol. The summed E-state index contributed by atoms with van der Waals surface area (Å²) in [4.78, 5) is 10.2. The normalized spacial score (nSPS) is 14.3. The van der Waals surface area contributed by atoms with E-state index in [9.17, 15) is 4.79 Å². The van der Waals surface area contributed by atoms with Crippen molar-refractivity contribution < 1.29 is 4.79 Å². The van der Waals surface area contributed by atoms with Crippen molar-refractivity contribution in [3.8, 4) is 0 Å². The molecule has 0 fully saturated rings. The van der Waals surface area contributed by atoms with Crippen LogP contribution in [0.15, 0.2) is 0 Å². The van der Waals surface area contributed by atoms with Gasteiger partial charge in [-0.05, 0) is 17.8 Å². The third kappa shape index (κ3) is 7.77. The van der Waals surface area contributed by atoms with Gasteiger partial charge in [-0.1, -0.05) is 40.5 Å². The molecule has 0 unspecified atom stereocenters. The molecule has 1 nitrogen and oxygen atoms in total. The maximum absolute atomic E-state index is 10.2. The van der Waals surface area contributed by atoms with Crippen LogP contribution in [-0.4, -0.2) is 6.29 Å². The maximum atomic E-state index is 10.2. The van der Waals surface area contributed by atoms with Crippen LogP contribution in [0.2, 0.25) is 0 Å². The van der Waals surface area contributed by atoms with E-state index in [-0.39, 0.29) is 0 Å². The molecule has 0 aromatic rings. The molecular weight excluding hydrogens is 148 g/mol. The molecule has 1 heteroatoms. The summed E-state index contributed by atoms with van der Waals surface area (Å²) < 4.78 is 0. The summed E-state index contributed by atoms with van der Waals surface area (Å²) in [5.74, 6) is 0.574. The predicted octanol–water partition coefficient (Wildman–Crippen LogP) is 3.43. The summed E-state index contributed by atoms with van der Waals surface area (Å²) in [6.45, 7) is 8.93. The molecule has 0 heterocycles. The second kappa shape index (κ2) is 5.34. The molecule has 0 saturated heterocycles. The number of rotatable bonds is 5. The first-order valence-electron chi connectivity index (χ1n) is 4.89. The van der Waals surface area contributed by atoms with E-state index in [1.165, 1.54) is 19.3 Å². The largest absolute Gasteiger partial charge is 0.303 e. The van der Waals surface area contributed by atoms with Crippen molar-refractivity contribution in [3.05, 3.63) is 0 Å². The topological polar surface area (TPSA) is 17.1 Å². The molecule has 0 aromatic heterocycles. The first kappa shape index (κ1) is 11.7. The number of hydrogen-bond donors (Lipinski definition) is 0. The fourth-order valence-electron chi connectivity index (χ4n) is 1.26. The van der Waals surface area contributed by atoms with Crippen LogP contribution in [0.3, 0.4) is 0 Å². The molecule has 72 valence electrons. The van der Waals surface area contributed by atoms with Gasteiger partial charge in [0, 0.05) is 6.42 Å². The van der Waals surface area contributed by atoms with Crippen LogP contribution < -0.4 is 0 Å². The molecule has 0 rings (SSSR count). The number of aldehydes is 1. The molecule has 0 saturated carbocycles. The molecular formula is C11H22O. The minimum absolute atomic E-state index is 0.445.